The molecule has 15 heteroatoms. The Kier molecular flexibility index (Phi) is 17.0. The van der Waals surface area contributed by atoms with E-state index in [0.717, 1.165) is 59.8 Å². The normalized spacial score (nSPS) is 22.5. The summed E-state index contributed by atoms with van der Waals surface area (Å²) in [6.45, 7) is 13.9. The van der Waals surface area contributed by atoms with Gasteiger partial charge in [0.05, 0.1) is 11.4 Å². The Balaban J connectivity index is 0.000000232. The molecule has 2 aromatic carbocycles. The van der Waals surface area contributed by atoms with Gasteiger partial charge in [0.15, 0.2) is 11.4 Å². The van der Waals surface area contributed by atoms with Crippen LogP contribution in [0.15, 0.2) is 56.8 Å². The number of fused-ring (bicyclic) bond motifs is 2. The van der Waals surface area contributed by atoms with Crippen molar-refractivity contribution in [2.24, 2.45) is 20.4 Å². The van der Waals surface area contributed by atoms with E-state index in [1.807, 2.05) is 72.6 Å². The first-order valence-electron chi connectivity index (χ1n) is 18.1. The minimum atomic E-state index is -0.0806. The van der Waals surface area contributed by atoms with Gasteiger partial charge >= 0.3 is 21.1 Å². The molecular weight excluding hydrogens is 924 g/mol. The van der Waals surface area contributed by atoms with E-state index in [0.29, 0.717) is 45.3 Å². The van der Waals surface area contributed by atoms with E-state index < -0.39 is 0 Å². The fourth-order valence-corrected chi connectivity index (χ4v) is 7.52. The molecule has 0 saturated carbocycles. The van der Waals surface area contributed by atoms with Gasteiger partial charge < -0.3 is 35.1 Å². The summed E-state index contributed by atoms with van der Waals surface area (Å²) in [4.78, 5) is 34.6. The number of thioether (sulfide) groups is 2. The molecule has 2 fully saturated rings. The van der Waals surface area contributed by atoms with Gasteiger partial charge in [-0.2, -0.15) is 10.2 Å². The van der Waals surface area contributed by atoms with E-state index in [2.05, 4.69) is 44.1 Å². The molecule has 0 spiro atoms. The van der Waals surface area contributed by atoms with Crippen LogP contribution in [0.2, 0.25) is 0 Å². The average Bonchev–Trinajstić information content (AvgIpc) is 3.55. The Labute approximate surface area is 349 Å². The Hall–Kier alpha value is -2.19. The van der Waals surface area contributed by atoms with Crippen LogP contribution in [0.5, 0.6) is 0 Å². The third-order valence-corrected chi connectivity index (χ3v) is 12.2. The molecule has 4 aliphatic rings. The van der Waals surface area contributed by atoms with Gasteiger partial charge in [-0.25, -0.2) is 0 Å². The molecule has 2 atom stereocenters. The molecule has 4 aliphatic heterocycles. The summed E-state index contributed by atoms with van der Waals surface area (Å²) >= 11 is 12.9. The first-order valence-corrected chi connectivity index (χ1v) is 21.4. The summed E-state index contributed by atoms with van der Waals surface area (Å²) in [6.07, 6.45) is 11.3. The standard InChI is InChI=1S/2C19H26N4OS2.Pt/c2*1-13-7-8-16-15(12-13)17(20-21-19(25)26-3)18(24)23(16)11-10-22-9-5-4-6-14(22)2;/h2*7-8,12,14H,4-6,9-11H2,1-3H3,(H,21,25);/q;;+2/p-2/b2*20-17+;. The summed E-state index contributed by atoms with van der Waals surface area (Å²) in [5.74, 6) is -0.161. The van der Waals surface area contributed by atoms with Crippen LogP contribution in [0.4, 0.5) is 11.4 Å². The van der Waals surface area contributed by atoms with Gasteiger partial charge in [0.1, 0.15) is 0 Å². The summed E-state index contributed by atoms with van der Waals surface area (Å²) in [5.41, 5.74) is 6.55. The molecule has 0 bridgehead atoms. The topological polar surface area (TPSA) is 96.5 Å². The van der Waals surface area contributed by atoms with Gasteiger partial charge in [-0.1, -0.05) is 36.1 Å². The van der Waals surface area contributed by atoms with Crippen molar-refractivity contribution >= 4 is 92.1 Å². The number of carbonyl (C=O) groups excluding carboxylic acids is 2. The maximum atomic E-state index is 13.0. The Morgan fingerprint density at radius 2 is 1.08 bits per heavy atom. The van der Waals surface area contributed by atoms with Crippen LogP contribution in [0.3, 0.4) is 0 Å². The second-order valence-electron chi connectivity index (χ2n) is 13.8. The summed E-state index contributed by atoms with van der Waals surface area (Å²) in [6, 6.07) is 13.3. The van der Waals surface area contributed by atoms with Crippen molar-refractivity contribution < 1.29 is 30.7 Å². The smallest absolute Gasteiger partial charge is 0.752 e. The number of aryl methyl sites for hydroxylation is 2. The number of likely N-dealkylation sites (tertiary alicyclic amines) is 2. The Bertz CT molecular complexity index is 1630. The van der Waals surface area contributed by atoms with E-state index in [4.69, 9.17) is 25.3 Å². The zero-order valence-corrected chi connectivity index (χ0v) is 37.0. The maximum absolute atomic E-state index is 13.0. The molecule has 6 rings (SSSR count). The van der Waals surface area contributed by atoms with Gasteiger partial charge in [0, 0.05) is 49.4 Å². The number of piperidine rings is 2. The molecule has 2 aromatic rings. The van der Waals surface area contributed by atoms with Crippen molar-refractivity contribution in [2.45, 2.75) is 78.3 Å². The summed E-state index contributed by atoms with van der Waals surface area (Å²) in [5, 5.41) is 16.4. The molecule has 0 aromatic heterocycles. The number of carbonyl (C=O) groups is 2. The van der Waals surface area contributed by atoms with Crippen LogP contribution in [0, 0.1) is 13.8 Å². The number of anilines is 2. The number of nitrogens with zero attached hydrogens (tertiary/aromatic N) is 8. The molecule has 0 aliphatic carbocycles. The average molecular weight is 974 g/mol. The first-order chi connectivity index (χ1) is 25.0. The van der Waals surface area contributed by atoms with Crippen LogP contribution >= 0.6 is 23.5 Å². The van der Waals surface area contributed by atoms with Crippen LogP contribution in [-0.4, -0.2) is 106 Å². The quantitative estimate of drug-likeness (QED) is 0.131. The van der Waals surface area contributed by atoms with Gasteiger partial charge in [0.25, 0.3) is 11.8 Å². The second-order valence-corrected chi connectivity index (χ2v) is 16.6. The first kappa shape index (κ1) is 43.5. The van der Waals surface area contributed by atoms with Gasteiger partial charge in [-0.3, -0.25) is 19.4 Å². The van der Waals surface area contributed by atoms with Gasteiger partial charge in [-0.05, 0) is 112 Å². The number of hydrogen-bond donors (Lipinski definition) is 0. The van der Waals surface area contributed by atoms with E-state index >= 15 is 0 Å². The third-order valence-electron chi connectivity index (χ3n) is 10.2. The molecule has 2 unspecified atom stereocenters. The van der Waals surface area contributed by atoms with Crippen molar-refractivity contribution in [3.8, 4) is 0 Å². The van der Waals surface area contributed by atoms with Crippen molar-refractivity contribution in [3.05, 3.63) is 58.7 Å². The van der Waals surface area contributed by atoms with Crippen LogP contribution < -0.4 is 9.80 Å². The fourth-order valence-electron chi connectivity index (χ4n) is 7.19. The SMILES string of the molecule is CS/C([S-])=N/N=C1/C(=O)N(CCN2CCCCC2C)c2ccc(C)cc21.CS/C([S-])=N/N=C1/C(=O)N(CCN2CCCCC2C)c2ccc(C)cc21.[Pt+2]. The minimum absolute atomic E-state index is 0. The molecule has 4 heterocycles. The molecule has 288 valence electrons. The zero-order chi connectivity index (χ0) is 37.4. The fraction of sp³-hybridized carbons (Fsp3) is 0.526. The number of benzene rings is 2. The van der Waals surface area contributed by atoms with Crippen molar-refractivity contribution in [1.82, 2.24) is 9.80 Å². The third kappa shape index (κ3) is 11.0. The van der Waals surface area contributed by atoms with E-state index in [1.165, 1.54) is 62.0 Å². The monoisotopic (exact) mass is 973 g/mol. The van der Waals surface area contributed by atoms with Crippen molar-refractivity contribution in [1.29, 1.82) is 0 Å². The van der Waals surface area contributed by atoms with E-state index in [1.54, 1.807) is 0 Å². The molecule has 0 N–H and O–H groups in total. The van der Waals surface area contributed by atoms with Crippen LogP contribution in [0.1, 0.15) is 74.6 Å². The molecule has 0 radical (unpaired) electrons. The minimum Gasteiger partial charge on any atom is -0.752 e. The number of hydrogen-bond acceptors (Lipinski definition) is 12. The number of amides is 2. The summed E-state index contributed by atoms with van der Waals surface area (Å²) < 4.78 is 0.861. The number of rotatable bonds is 8. The maximum Gasteiger partial charge on any atom is 2.00 e. The van der Waals surface area contributed by atoms with E-state index in [-0.39, 0.29) is 32.9 Å². The summed E-state index contributed by atoms with van der Waals surface area (Å²) in [7, 11) is 0. The molecule has 2 amide bonds. The Morgan fingerprint density at radius 1 is 0.679 bits per heavy atom. The second kappa shape index (κ2) is 20.6. The molecule has 2 saturated heterocycles. The van der Waals surface area contributed by atoms with Crippen molar-refractivity contribution in [3.63, 3.8) is 0 Å². The van der Waals surface area contributed by atoms with E-state index in [9.17, 15) is 9.59 Å². The van der Waals surface area contributed by atoms with Gasteiger partial charge in [0.2, 0.25) is 0 Å². The van der Waals surface area contributed by atoms with Crippen molar-refractivity contribution in [2.75, 3.05) is 61.6 Å². The predicted molar refractivity (Wildman–Crippen MR) is 227 cm³/mol. The molecule has 10 nitrogen and oxygen atoms in total. The van der Waals surface area contributed by atoms with Gasteiger partial charge in [-0.15, -0.1) is 33.7 Å². The molecular formula is C38H50N8O2PtS4. The Morgan fingerprint density at radius 3 is 1.43 bits per heavy atom. The predicted octanol–water partition coefficient (Wildman–Crippen LogP) is 6.37. The molecule has 53 heavy (non-hydrogen) atoms. The van der Waals surface area contributed by atoms with Crippen LogP contribution in [0.25, 0.3) is 0 Å². The van der Waals surface area contributed by atoms with Crippen LogP contribution in [-0.2, 0) is 55.9 Å². The zero-order valence-electron chi connectivity index (χ0n) is 31.4. The largest absolute Gasteiger partial charge is 2.00 e.